The third-order valence-corrected chi connectivity index (χ3v) is 3.86. The Balaban J connectivity index is 1.77. The Morgan fingerprint density at radius 1 is 1.41 bits per heavy atom. The fraction of sp³-hybridized carbons (Fsp3) is 0.714. The van der Waals surface area contributed by atoms with E-state index in [0.717, 1.165) is 12.8 Å². The van der Waals surface area contributed by atoms with Gasteiger partial charge in [-0.25, -0.2) is 0 Å². The lowest BCUT2D eigenvalue weighted by atomic mass is 10.1. The van der Waals surface area contributed by atoms with Crippen LogP contribution in [0.15, 0.2) is 0 Å². The molecule has 2 N–H and O–H groups in total. The molecule has 0 saturated heterocycles. The minimum Gasteiger partial charge on any atom is -0.376 e. The molecule has 1 amide bonds. The smallest absolute Gasteiger partial charge is 0.322 e. The minimum absolute atomic E-state index is 0.183. The molecule has 0 radical (unpaired) electrons. The minimum atomic E-state index is -0.601. The summed E-state index contributed by atoms with van der Waals surface area (Å²) in [6, 6.07) is 0. The van der Waals surface area contributed by atoms with E-state index in [1.54, 1.807) is 0 Å². The van der Waals surface area contributed by atoms with E-state index < -0.39 is 10.8 Å². The molecule has 2 rings (SSSR count). The molecular formula is C14H22N4O4. The summed E-state index contributed by atoms with van der Waals surface area (Å²) < 4.78 is 5.76. The van der Waals surface area contributed by atoms with Gasteiger partial charge in [-0.15, -0.1) is 0 Å². The van der Waals surface area contributed by atoms with Gasteiger partial charge < -0.3 is 10.1 Å². The quantitative estimate of drug-likeness (QED) is 0.362. The number of carbonyl (C=O) groups excluding carboxylic acids is 1. The van der Waals surface area contributed by atoms with E-state index >= 15 is 0 Å². The lowest BCUT2D eigenvalue weighted by Gasteiger charge is -2.15. The van der Waals surface area contributed by atoms with Crippen LogP contribution < -0.4 is 5.32 Å². The summed E-state index contributed by atoms with van der Waals surface area (Å²) in [5.74, 6) is -0.555. The van der Waals surface area contributed by atoms with Gasteiger partial charge in [0.15, 0.2) is 0 Å². The highest BCUT2D eigenvalue weighted by Crippen LogP contribution is 2.20. The molecule has 1 saturated carbocycles. The van der Waals surface area contributed by atoms with Crippen LogP contribution in [0.1, 0.15) is 54.7 Å². The van der Waals surface area contributed by atoms with Crippen LogP contribution >= 0.6 is 0 Å². The molecular weight excluding hydrogens is 288 g/mol. The Hall–Kier alpha value is -1.96. The van der Waals surface area contributed by atoms with Crippen LogP contribution in [0.2, 0.25) is 0 Å². The van der Waals surface area contributed by atoms with E-state index in [0.29, 0.717) is 13.2 Å². The molecule has 8 nitrogen and oxygen atoms in total. The lowest BCUT2D eigenvalue weighted by molar-refractivity contribution is -0.385. The maximum Gasteiger partial charge on any atom is 0.322 e. The van der Waals surface area contributed by atoms with Crippen molar-refractivity contribution in [3.8, 4) is 0 Å². The van der Waals surface area contributed by atoms with Crippen LogP contribution in [0.5, 0.6) is 0 Å². The van der Waals surface area contributed by atoms with Crippen molar-refractivity contribution in [3.63, 3.8) is 0 Å². The van der Waals surface area contributed by atoms with Crippen molar-refractivity contribution in [1.82, 2.24) is 15.5 Å². The van der Waals surface area contributed by atoms with Gasteiger partial charge in [0.25, 0.3) is 5.91 Å². The normalized spacial score (nSPS) is 16.2. The molecule has 8 heteroatoms. The molecule has 1 aromatic heterocycles. The molecule has 0 unspecified atom stereocenters. The Kier molecular flexibility index (Phi) is 5.88. The Morgan fingerprint density at radius 2 is 2.09 bits per heavy atom. The third-order valence-electron chi connectivity index (χ3n) is 3.86. The number of aryl methyl sites for hydroxylation is 1. The zero-order valence-corrected chi connectivity index (χ0v) is 12.8. The number of rotatable bonds is 6. The number of aromatic amines is 1. The standard InChI is InChI=1S/C14H22N4O4/c1-10-13(18(20)21)12(17-16-10)14(19)15-8-9-22-11-6-4-2-3-5-7-11/h11H,2-9H2,1H3,(H,15,19)(H,16,17). The van der Waals surface area contributed by atoms with E-state index in [1.807, 2.05) is 0 Å². The summed E-state index contributed by atoms with van der Waals surface area (Å²) in [7, 11) is 0. The number of ether oxygens (including phenoxy) is 1. The maximum atomic E-state index is 11.9. The number of nitrogens with one attached hydrogen (secondary N) is 2. The topological polar surface area (TPSA) is 110 Å². The van der Waals surface area contributed by atoms with E-state index in [1.165, 1.54) is 32.6 Å². The second kappa shape index (κ2) is 7.88. The fourth-order valence-corrected chi connectivity index (χ4v) is 2.69. The first-order valence-electron chi connectivity index (χ1n) is 7.68. The summed E-state index contributed by atoms with van der Waals surface area (Å²) in [4.78, 5) is 22.3. The van der Waals surface area contributed by atoms with Gasteiger partial charge >= 0.3 is 5.69 Å². The second-order valence-corrected chi connectivity index (χ2v) is 5.54. The van der Waals surface area contributed by atoms with Crippen molar-refractivity contribution in [1.29, 1.82) is 0 Å². The van der Waals surface area contributed by atoms with Gasteiger partial charge in [-0.3, -0.25) is 20.0 Å². The first kappa shape index (κ1) is 16.4. The van der Waals surface area contributed by atoms with E-state index in [9.17, 15) is 14.9 Å². The van der Waals surface area contributed by atoms with Gasteiger partial charge in [0, 0.05) is 6.54 Å². The number of hydrogen-bond donors (Lipinski definition) is 2. The molecule has 0 bridgehead atoms. The number of aromatic nitrogens is 2. The zero-order valence-electron chi connectivity index (χ0n) is 12.8. The highest BCUT2D eigenvalue weighted by molar-refractivity contribution is 5.96. The van der Waals surface area contributed by atoms with Crippen molar-refractivity contribution in [2.75, 3.05) is 13.2 Å². The maximum absolute atomic E-state index is 11.9. The van der Waals surface area contributed by atoms with Crippen molar-refractivity contribution in [3.05, 3.63) is 21.5 Å². The van der Waals surface area contributed by atoms with E-state index in [-0.39, 0.29) is 23.2 Å². The predicted molar refractivity (Wildman–Crippen MR) is 79.8 cm³/mol. The average molecular weight is 310 g/mol. The fourth-order valence-electron chi connectivity index (χ4n) is 2.69. The van der Waals surface area contributed by atoms with Gasteiger partial charge in [0.1, 0.15) is 5.69 Å². The SMILES string of the molecule is Cc1[nH]nc(C(=O)NCCOC2CCCCCC2)c1[N+](=O)[O-]. The summed E-state index contributed by atoms with van der Waals surface area (Å²) in [6.07, 6.45) is 7.31. The summed E-state index contributed by atoms with van der Waals surface area (Å²) in [6.45, 7) is 2.24. The molecule has 1 heterocycles. The van der Waals surface area contributed by atoms with Crippen LogP contribution in [-0.4, -0.2) is 40.3 Å². The van der Waals surface area contributed by atoms with Crippen LogP contribution in [0.3, 0.4) is 0 Å². The van der Waals surface area contributed by atoms with E-state index in [4.69, 9.17) is 4.74 Å². The molecule has 1 aromatic rings. The first-order valence-corrected chi connectivity index (χ1v) is 7.68. The number of amides is 1. The number of carbonyl (C=O) groups is 1. The molecule has 1 aliphatic carbocycles. The Morgan fingerprint density at radius 3 is 2.73 bits per heavy atom. The molecule has 0 atom stereocenters. The highest BCUT2D eigenvalue weighted by Gasteiger charge is 2.26. The number of hydrogen-bond acceptors (Lipinski definition) is 5. The van der Waals surface area contributed by atoms with Crippen molar-refractivity contribution < 1.29 is 14.5 Å². The van der Waals surface area contributed by atoms with Crippen LogP contribution in [0, 0.1) is 17.0 Å². The van der Waals surface area contributed by atoms with E-state index in [2.05, 4.69) is 15.5 Å². The zero-order chi connectivity index (χ0) is 15.9. The Labute approximate surface area is 128 Å². The van der Waals surface area contributed by atoms with Crippen molar-refractivity contribution in [2.24, 2.45) is 0 Å². The lowest BCUT2D eigenvalue weighted by Crippen LogP contribution is -2.29. The molecule has 0 aliphatic heterocycles. The summed E-state index contributed by atoms with van der Waals surface area (Å²) in [5, 5.41) is 19.7. The predicted octanol–water partition coefficient (Wildman–Crippen LogP) is 2.10. The van der Waals surface area contributed by atoms with Gasteiger partial charge in [0.05, 0.1) is 17.6 Å². The largest absolute Gasteiger partial charge is 0.376 e. The molecule has 1 fully saturated rings. The van der Waals surface area contributed by atoms with Gasteiger partial charge in [-0.1, -0.05) is 25.7 Å². The molecule has 22 heavy (non-hydrogen) atoms. The van der Waals surface area contributed by atoms with Gasteiger partial charge in [-0.05, 0) is 19.8 Å². The van der Waals surface area contributed by atoms with Crippen LogP contribution in [0.25, 0.3) is 0 Å². The summed E-state index contributed by atoms with van der Waals surface area (Å²) >= 11 is 0. The molecule has 122 valence electrons. The van der Waals surface area contributed by atoms with Crippen molar-refractivity contribution in [2.45, 2.75) is 51.6 Å². The highest BCUT2D eigenvalue weighted by atomic mass is 16.6. The van der Waals surface area contributed by atoms with Crippen LogP contribution in [-0.2, 0) is 4.74 Å². The number of nitro groups is 1. The molecule has 0 spiro atoms. The van der Waals surface area contributed by atoms with Crippen LogP contribution in [0.4, 0.5) is 5.69 Å². The number of H-pyrrole nitrogens is 1. The number of nitrogens with zero attached hydrogens (tertiary/aromatic N) is 2. The second-order valence-electron chi connectivity index (χ2n) is 5.54. The molecule has 1 aliphatic rings. The Bertz CT molecular complexity index is 521. The third kappa shape index (κ3) is 4.27. The first-order chi connectivity index (χ1) is 10.6. The van der Waals surface area contributed by atoms with Crippen molar-refractivity contribution >= 4 is 11.6 Å². The molecule has 0 aromatic carbocycles. The summed E-state index contributed by atoms with van der Waals surface area (Å²) in [5.41, 5.74) is -0.191. The monoisotopic (exact) mass is 310 g/mol. The van der Waals surface area contributed by atoms with Gasteiger partial charge in [0.2, 0.25) is 5.69 Å². The van der Waals surface area contributed by atoms with Gasteiger partial charge in [-0.2, -0.15) is 5.10 Å². The average Bonchev–Trinajstić information content (AvgIpc) is 2.71.